The molecule has 0 saturated heterocycles. The SMILES string of the molecule is CC(NC(=O)c1ccncc1O)C(=O)NC1CC1. The van der Waals surface area contributed by atoms with Gasteiger partial charge in [-0.2, -0.15) is 0 Å². The summed E-state index contributed by atoms with van der Waals surface area (Å²) in [7, 11) is 0. The van der Waals surface area contributed by atoms with E-state index in [0.717, 1.165) is 12.8 Å². The number of hydrogen-bond donors (Lipinski definition) is 3. The summed E-state index contributed by atoms with van der Waals surface area (Å²) in [5.74, 6) is -0.905. The largest absolute Gasteiger partial charge is 0.505 e. The first-order chi connectivity index (χ1) is 8.58. The van der Waals surface area contributed by atoms with Crippen molar-refractivity contribution < 1.29 is 14.7 Å². The van der Waals surface area contributed by atoms with E-state index in [1.165, 1.54) is 18.5 Å². The lowest BCUT2D eigenvalue weighted by Crippen LogP contribution is -2.45. The molecule has 96 valence electrons. The smallest absolute Gasteiger partial charge is 0.255 e. The fourth-order valence-electron chi connectivity index (χ4n) is 1.47. The van der Waals surface area contributed by atoms with Crippen molar-refractivity contribution in [1.29, 1.82) is 0 Å². The number of aromatic hydroxyl groups is 1. The van der Waals surface area contributed by atoms with Gasteiger partial charge in [0, 0.05) is 12.2 Å². The van der Waals surface area contributed by atoms with Gasteiger partial charge < -0.3 is 15.7 Å². The van der Waals surface area contributed by atoms with Crippen molar-refractivity contribution in [1.82, 2.24) is 15.6 Å². The molecule has 0 aliphatic heterocycles. The minimum Gasteiger partial charge on any atom is -0.505 e. The van der Waals surface area contributed by atoms with E-state index in [1.807, 2.05) is 0 Å². The summed E-state index contributed by atoms with van der Waals surface area (Å²) in [5, 5.41) is 14.8. The first-order valence-corrected chi connectivity index (χ1v) is 5.82. The number of carbonyl (C=O) groups is 2. The van der Waals surface area contributed by atoms with E-state index in [2.05, 4.69) is 15.6 Å². The van der Waals surface area contributed by atoms with Gasteiger partial charge in [-0.15, -0.1) is 0 Å². The van der Waals surface area contributed by atoms with Crippen molar-refractivity contribution in [3.05, 3.63) is 24.0 Å². The van der Waals surface area contributed by atoms with Gasteiger partial charge in [-0.05, 0) is 25.8 Å². The summed E-state index contributed by atoms with van der Waals surface area (Å²) in [4.78, 5) is 27.1. The lowest BCUT2D eigenvalue weighted by atomic mass is 10.2. The number of nitrogens with one attached hydrogen (secondary N) is 2. The van der Waals surface area contributed by atoms with Gasteiger partial charge in [-0.25, -0.2) is 0 Å². The van der Waals surface area contributed by atoms with Gasteiger partial charge in [0.25, 0.3) is 5.91 Å². The standard InChI is InChI=1S/C12H15N3O3/c1-7(11(17)15-8-2-3-8)14-12(18)9-4-5-13-6-10(9)16/h4-8,16H,2-3H2,1H3,(H,14,18)(H,15,17). The lowest BCUT2D eigenvalue weighted by molar-refractivity contribution is -0.122. The molecule has 0 aromatic carbocycles. The van der Waals surface area contributed by atoms with Gasteiger partial charge in [-0.1, -0.05) is 0 Å². The fourth-order valence-corrected chi connectivity index (χ4v) is 1.47. The van der Waals surface area contributed by atoms with Crippen LogP contribution >= 0.6 is 0 Å². The Morgan fingerprint density at radius 2 is 2.22 bits per heavy atom. The van der Waals surface area contributed by atoms with Gasteiger partial charge in [0.2, 0.25) is 5.91 Å². The third-order valence-electron chi connectivity index (χ3n) is 2.71. The number of aromatic nitrogens is 1. The van der Waals surface area contributed by atoms with E-state index in [1.54, 1.807) is 6.92 Å². The van der Waals surface area contributed by atoms with Crippen LogP contribution in [0.15, 0.2) is 18.5 Å². The molecule has 2 amide bonds. The van der Waals surface area contributed by atoms with Crippen LogP contribution in [0.4, 0.5) is 0 Å². The zero-order chi connectivity index (χ0) is 13.1. The molecule has 6 nitrogen and oxygen atoms in total. The molecule has 6 heteroatoms. The molecule has 1 unspecified atom stereocenters. The van der Waals surface area contributed by atoms with Gasteiger partial charge >= 0.3 is 0 Å². The third kappa shape index (κ3) is 2.97. The number of pyridine rings is 1. The van der Waals surface area contributed by atoms with Crippen LogP contribution in [-0.2, 0) is 4.79 Å². The molecular weight excluding hydrogens is 234 g/mol. The fraction of sp³-hybridized carbons (Fsp3) is 0.417. The van der Waals surface area contributed by atoms with Crippen molar-refractivity contribution in [3.63, 3.8) is 0 Å². The highest BCUT2D eigenvalue weighted by molar-refractivity contribution is 5.99. The maximum absolute atomic E-state index is 11.8. The number of carbonyl (C=O) groups excluding carboxylic acids is 2. The minimum absolute atomic E-state index is 0.107. The van der Waals surface area contributed by atoms with Crippen LogP contribution in [0.2, 0.25) is 0 Å². The average Bonchev–Trinajstić information content (AvgIpc) is 3.13. The molecule has 3 N–H and O–H groups in total. The monoisotopic (exact) mass is 249 g/mol. The zero-order valence-electron chi connectivity index (χ0n) is 10.0. The minimum atomic E-state index is -0.634. The van der Waals surface area contributed by atoms with Gasteiger partial charge in [0.15, 0.2) is 0 Å². The normalized spacial score (nSPS) is 15.8. The summed E-state index contributed by atoms with van der Waals surface area (Å²) in [6, 6.07) is 1.02. The Labute approximate surface area is 104 Å². The maximum atomic E-state index is 11.8. The Bertz CT molecular complexity index is 471. The average molecular weight is 249 g/mol. The third-order valence-corrected chi connectivity index (χ3v) is 2.71. The second kappa shape index (κ2) is 5.03. The molecule has 18 heavy (non-hydrogen) atoms. The quantitative estimate of drug-likeness (QED) is 0.710. The molecule has 1 atom stereocenters. The van der Waals surface area contributed by atoms with Crippen LogP contribution in [0.25, 0.3) is 0 Å². The first-order valence-electron chi connectivity index (χ1n) is 5.82. The molecule has 0 radical (unpaired) electrons. The van der Waals surface area contributed by atoms with E-state index in [4.69, 9.17) is 0 Å². The van der Waals surface area contributed by atoms with Crippen molar-refractivity contribution in [2.45, 2.75) is 31.8 Å². The molecular formula is C12H15N3O3. The molecule has 1 fully saturated rings. The summed E-state index contributed by atoms with van der Waals surface area (Å²) < 4.78 is 0. The van der Waals surface area contributed by atoms with E-state index in [9.17, 15) is 14.7 Å². The van der Waals surface area contributed by atoms with Crippen molar-refractivity contribution in [2.75, 3.05) is 0 Å². The number of amides is 2. The summed E-state index contributed by atoms with van der Waals surface area (Å²) >= 11 is 0. The maximum Gasteiger partial charge on any atom is 0.255 e. The van der Waals surface area contributed by atoms with Crippen LogP contribution in [-0.4, -0.2) is 34.0 Å². The topological polar surface area (TPSA) is 91.3 Å². The highest BCUT2D eigenvalue weighted by Gasteiger charge is 2.26. The molecule has 2 rings (SSSR count). The van der Waals surface area contributed by atoms with Crippen molar-refractivity contribution in [3.8, 4) is 5.75 Å². The zero-order valence-corrected chi connectivity index (χ0v) is 10.0. The van der Waals surface area contributed by atoms with E-state index < -0.39 is 11.9 Å². The lowest BCUT2D eigenvalue weighted by Gasteiger charge is -2.14. The number of hydrogen-bond acceptors (Lipinski definition) is 4. The summed E-state index contributed by atoms with van der Waals surface area (Å²) in [6.45, 7) is 1.61. The van der Waals surface area contributed by atoms with Crippen LogP contribution in [0.3, 0.4) is 0 Å². The summed E-state index contributed by atoms with van der Waals surface area (Å²) in [6.07, 6.45) is 4.59. The Balaban J connectivity index is 1.94. The van der Waals surface area contributed by atoms with Crippen LogP contribution in [0, 0.1) is 0 Å². The van der Waals surface area contributed by atoms with E-state index in [-0.39, 0.29) is 23.3 Å². The van der Waals surface area contributed by atoms with Crippen LogP contribution in [0.1, 0.15) is 30.1 Å². The Hall–Kier alpha value is -2.11. The number of nitrogens with zero attached hydrogens (tertiary/aromatic N) is 1. The van der Waals surface area contributed by atoms with E-state index in [0.29, 0.717) is 0 Å². The highest BCUT2D eigenvalue weighted by atomic mass is 16.3. The van der Waals surface area contributed by atoms with E-state index >= 15 is 0 Å². The molecule has 1 heterocycles. The van der Waals surface area contributed by atoms with Crippen molar-refractivity contribution in [2.24, 2.45) is 0 Å². The molecule has 1 aromatic heterocycles. The van der Waals surface area contributed by atoms with Crippen LogP contribution in [0.5, 0.6) is 5.75 Å². The highest BCUT2D eigenvalue weighted by Crippen LogP contribution is 2.18. The van der Waals surface area contributed by atoms with Crippen LogP contribution < -0.4 is 10.6 Å². The predicted octanol–water partition coefficient (Wildman–Crippen LogP) is 0.184. The van der Waals surface area contributed by atoms with Crippen molar-refractivity contribution >= 4 is 11.8 Å². The predicted molar refractivity (Wildman–Crippen MR) is 64.0 cm³/mol. The first kappa shape index (κ1) is 12.3. The molecule has 1 saturated carbocycles. The van der Waals surface area contributed by atoms with Gasteiger partial charge in [0.1, 0.15) is 11.8 Å². The second-order valence-corrected chi connectivity index (χ2v) is 4.37. The Morgan fingerprint density at radius 1 is 1.50 bits per heavy atom. The van der Waals surface area contributed by atoms with Gasteiger partial charge in [0.05, 0.1) is 11.8 Å². The molecule has 1 aliphatic rings. The molecule has 0 spiro atoms. The molecule has 1 aliphatic carbocycles. The molecule has 0 bridgehead atoms. The van der Waals surface area contributed by atoms with Gasteiger partial charge in [-0.3, -0.25) is 14.6 Å². The molecule has 1 aromatic rings. The summed E-state index contributed by atoms with van der Waals surface area (Å²) in [5.41, 5.74) is 0.107. The Morgan fingerprint density at radius 3 is 2.83 bits per heavy atom. The second-order valence-electron chi connectivity index (χ2n) is 4.37. The Kier molecular flexibility index (Phi) is 3.45. The number of rotatable bonds is 4.